The molecule has 0 atom stereocenters. The summed E-state index contributed by atoms with van der Waals surface area (Å²) in [4.78, 5) is 10.5. The lowest BCUT2D eigenvalue weighted by molar-refractivity contribution is 0.282. The third kappa shape index (κ3) is 2.93. The zero-order valence-electron chi connectivity index (χ0n) is 10.7. The van der Waals surface area contributed by atoms with Crippen LogP contribution in [0, 0.1) is 0 Å². The Morgan fingerprint density at radius 3 is 2.74 bits per heavy atom. The summed E-state index contributed by atoms with van der Waals surface area (Å²) in [5, 5.41) is 20.8. The van der Waals surface area contributed by atoms with Crippen LogP contribution < -0.4 is 10.6 Å². The minimum absolute atomic E-state index is 0.0450. The van der Waals surface area contributed by atoms with E-state index in [1.54, 1.807) is 6.20 Å². The van der Waals surface area contributed by atoms with Gasteiger partial charge in [-0.3, -0.25) is 0 Å². The summed E-state index contributed by atoms with van der Waals surface area (Å²) in [5.41, 5.74) is 6.03. The van der Waals surface area contributed by atoms with E-state index in [9.17, 15) is 0 Å². The molecule has 104 valence electrons. The number of aliphatic hydroxyl groups is 1. The maximum Gasteiger partial charge on any atom is 0.192 e. The van der Waals surface area contributed by atoms with Crippen LogP contribution in [-0.4, -0.2) is 45.3 Å². The van der Waals surface area contributed by atoms with Crippen LogP contribution in [0.15, 0.2) is 17.5 Å². The third-order valence-electron chi connectivity index (χ3n) is 3.37. The molecule has 1 saturated carbocycles. The highest BCUT2D eigenvalue weighted by Crippen LogP contribution is 2.29. The molecule has 4 N–H and O–H groups in total. The first kappa shape index (κ1) is 13.5. The fraction of sp³-hybridized carbons (Fsp3) is 0.583. The normalized spacial score (nSPS) is 16.2. The van der Waals surface area contributed by atoms with Crippen molar-refractivity contribution in [3.63, 3.8) is 0 Å². The minimum Gasteiger partial charge on any atom is -0.409 e. The number of nitrogens with zero attached hydrogens (tertiary/aromatic N) is 4. The molecule has 7 heteroatoms. The number of aromatic nitrogens is 2. The molecule has 0 aliphatic heterocycles. The zero-order chi connectivity index (χ0) is 13.7. The van der Waals surface area contributed by atoms with E-state index in [1.165, 1.54) is 12.6 Å². The summed E-state index contributed by atoms with van der Waals surface area (Å²) in [6, 6.07) is 0.397. The number of hydrogen-bond donors (Lipinski definition) is 3. The van der Waals surface area contributed by atoms with Gasteiger partial charge in [0.05, 0.1) is 0 Å². The van der Waals surface area contributed by atoms with Crippen LogP contribution in [0.25, 0.3) is 0 Å². The predicted octanol–water partition coefficient (Wildman–Crippen LogP) is 0.312. The summed E-state index contributed by atoms with van der Waals surface area (Å²) >= 11 is 0. The first-order valence-corrected chi connectivity index (χ1v) is 6.44. The fourth-order valence-electron chi connectivity index (χ4n) is 2.17. The number of anilines is 1. The van der Waals surface area contributed by atoms with E-state index in [4.69, 9.17) is 16.0 Å². The molecule has 19 heavy (non-hydrogen) atoms. The van der Waals surface area contributed by atoms with Crippen LogP contribution in [0.1, 0.15) is 31.4 Å². The number of nitrogens with two attached hydrogens (primary N) is 1. The number of amidine groups is 1. The van der Waals surface area contributed by atoms with E-state index < -0.39 is 0 Å². The van der Waals surface area contributed by atoms with Crippen molar-refractivity contribution in [3.05, 3.63) is 18.1 Å². The topological polar surface area (TPSA) is 108 Å². The van der Waals surface area contributed by atoms with Gasteiger partial charge in [-0.2, -0.15) is 0 Å². The van der Waals surface area contributed by atoms with Gasteiger partial charge in [0.15, 0.2) is 17.3 Å². The largest absolute Gasteiger partial charge is 0.409 e. The molecule has 1 heterocycles. The third-order valence-corrected chi connectivity index (χ3v) is 3.37. The summed E-state index contributed by atoms with van der Waals surface area (Å²) in [6.07, 6.45) is 7.15. The molecule has 1 aliphatic carbocycles. The Kier molecular flexibility index (Phi) is 4.51. The Balaban J connectivity index is 2.29. The van der Waals surface area contributed by atoms with Gasteiger partial charge in [0.1, 0.15) is 0 Å². The van der Waals surface area contributed by atoms with E-state index >= 15 is 0 Å². The van der Waals surface area contributed by atoms with Crippen molar-refractivity contribution >= 4 is 11.7 Å². The second-order valence-electron chi connectivity index (χ2n) is 4.57. The highest BCUT2D eigenvalue weighted by molar-refractivity contribution is 5.99. The lowest BCUT2D eigenvalue weighted by Gasteiger charge is -2.38. The Hall–Kier alpha value is -1.89. The van der Waals surface area contributed by atoms with Crippen LogP contribution in [0.5, 0.6) is 0 Å². The van der Waals surface area contributed by atoms with Gasteiger partial charge in [0.2, 0.25) is 0 Å². The number of hydrogen-bond acceptors (Lipinski definition) is 6. The lowest BCUT2D eigenvalue weighted by Crippen LogP contribution is -2.43. The van der Waals surface area contributed by atoms with E-state index in [1.807, 2.05) is 0 Å². The standard InChI is InChI=1S/C12H19N5O2/c13-11(16-19)10-12(15-6-5-14-10)17(7-2-8-18)9-3-1-4-9/h5-6,9,18-19H,1-4,7-8H2,(H2,13,16). The van der Waals surface area contributed by atoms with Gasteiger partial charge >= 0.3 is 0 Å². The number of rotatable bonds is 6. The van der Waals surface area contributed by atoms with Crippen LogP contribution >= 0.6 is 0 Å². The monoisotopic (exact) mass is 265 g/mol. The van der Waals surface area contributed by atoms with Crippen LogP contribution in [0.4, 0.5) is 5.82 Å². The SMILES string of the molecule is NC(=NO)c1nccnc1N(CCCO)C1CCC1. The molecule has 0 spiro atoms. The van der Waals surface area contributed by atoms with Crippen molar-refractivity contribution in [2.45, 2.75) is 31.7 Å². The van der Waals surface area contributed by atoms with Gasteiger partial charge in [-0.25, -0.2) is 9.97 Å². The molecule has 0 saturated heterocycles. The van der Waals surface area contributed by atoms with Gasteiger partial charge in [0.25, 0.3) is 0 Å². The van der Waals surface area contributed by atoms with Crippen molar-refractivity contribution in [2.75, 3.05) is 18.1 Å². The molecule has 1 fully saturated rings. The van der Waals surface area contributed by atoms with Gasteiger partial charge in [-0.05, 0) is 25.7 Å². The molecule has 7 nitrogen and oxygen atoms in total. The maximum atomic E-state index is 9.01. The van der Waals surface area contributed by atoms with Gasteiger partial charge in [-0.15, -0.1) is 0 Å². The van der Waals surface area contributed by atoms with Crippen LogP contribution in [-0.2, 0) is 0 Å². The summed E-state index contributed by atoms with van der Waals surface area (Å²) in [6.45, 7) is 0.813. The van der Waals surface area contributed by atoms with E-state index in [-0.39, 0.29) is 12.4 Å². The van der Waals surface area contributed by atoms with Gasteiger partial charge in [0, 0.05) is 31.6 Å². The van der Waals surface area contributed by atoms with Crippen LogP contribution in [0.2, 0.25) is 0 Å². The smallest absolute Gasteiger partial charge is 0.192 e. The van der Waals surface area contributed by atoms with Crippen molar-refractivity contribution in [1.82, 2.24) is 9.97 Å². The predicted molar refractivity (Wildman–Crippen MR) is 71.2 cm³/mol. The molecule has 2 rings (SSSR count). The molecule has 0 radical (unpaired) electrons. The molecule has 0 amide bonds. The average Bonchev–Trinajstić information content (AvgIpc) is 2.40. The molecular weight excluding hydrogens is 246 g/mol. The van der Waals surface area contributed by atoms with Crippen molar-refractivity contribution < 1.29 is 10.3 Å². The quantitative estimate of drug-likeness (QED) is 0.296. The molecule has 1 aromatic rings. The summed E-state index contributed by atoms with van der Waals surface area (Å²) in [7, 11) is 0. The Morgan fingerprint density at radius 2 is 2.16 bits per heavy atom. The molecular formula is C12H19N5O2. The highest BCUT2D eigenvalue weighted by atomic mass is 16.4. The molecule has 0 unspecified atom stereocenters. The first-order chi connectivity index (χ1) is 9.27. The van der Waals surface area contributed by atoms with E-state index in [2.05, 4.69) is 20.0 Å². The first-order valence-electron chi connectivity index (χ1n) is 6.44. The number of oxime groups is 1. The second-order valence-corrected chi connectivity index (χ2v) is 4.57. The maximum absolute atomic E-state index is 9.01. The summed E-state index contributed by atoms with van der Waals surface area (Å²) in [5.74, 6) is 0.576. The Morgan fingerprint density at radius 1 is 1.42 bits per heavy atom. The van der Waals surface area contributed by atoms with Crippen molar-refractivity contribution in [2.24, 2.45) is 10.9 Å². The van der Waals surface area contributed by atoms with E-state index in [0.29, 0.717) is 30.5 Å². The molecule has 1 aromatic heterocycles. The average molecular weight is 265 g/mol. The fourth-order valence-corrected chi connectivity index (χ4v) is 2.17. The summed E-state index contributed by atoms with van der Waals surface area (Å²) < 4.78 is 0. The Labute approximate surface area is 111 Å². The second kappa shape index (κ2) is 6.33. The lowest BCUT2D eigenvalue weighted by atomic mass is 9.91. The van der Waals surface area contributed by atoms with Gasteiger partial charge < -0.3 is 20.9 Å². The van der Waals surface area contributed by atoms with Crippen molar-refractivity contribution in [1.29, 1.82) is 0 Å². The molecule has 1 aliphatic rings. The minimum atomic E-state index is -0.0450. The highest BCUT2D eigenvalue weighted by Gasteiger charge is 2.28. The van der Waals surface area contributed by atoms with E-state index in [0.717, 1.165) is 12.8 Å². The van der Waals surface area contributed by atoms with Crippen molar-refractivity contribution in [3.8, 4) is 0 Å². The van der Waals surface area contributed by atoms with Gasteiger partial charge in [-0.1, -0.05) is 5.16 Å². The molecule has 0 aromatic carbocycles. The Bertz CT molecular complexity index is 448. The zero-order valence-corrected chi connectivity index (χ0v) is 10.7. The van der Waals surface area contributed by atoms with Crippen LogP contribution in [0.3, 0.4) is 0 Å². The molecule has 0 bridgehead atoms. The number of aliphatic hydroxyl groups excluding tert-OH is 1.